The number of aliphatic hydroxyl groups is 1. The minimum Gasteiger partial charge on any atom is -0.388 e. The van der Waals surface area contributed by atoms with E-state index < -0.39 is 5.60 Å². The van der Waals surface area contributed by atoms with Gasteiger partial charge in [-0.2, -0.15) is 0 Å². The summed E-state index contributed by atoms with van der Waals surface area (Å²) in [6.07, 6.45) is 3.70. The highest BCUT2D eigenvalue weighted by atomic mass is 19.1. The van der Waals surface area contributed by atoms with Gasteiger partial charge in [0.25, 0.3) is 0 Å². The third kappa shape index (κ3) is 4.39. The van der Waals surface area contributed by atoms with E-state index in [2.05, 4.69) is 4.90 Å². The van der Waals surface area contributed by atoms with Gasteiger partial charge >= 0.3 is 0 Å². The maximum Gasteiger partial charge on any atom is 0.227 e. The van der Waals surface area contributed by atoms with Crippen LogP contribution in [-0.4, -0.2) is 52.1 Å². The van der Waals surface area contributed by atoms with Gasteiger partial charge in [0, 0.05) is 19.6 Å². The van der Waals surface area contributed by atoms with Crippen LogP contribution in [0.25, 0.3) is 0 Å². The van der Waals surface area contributed by atoms with Crippen LogP contribution >= 0.6 is 0 Å². The number of carbonyl (C=O) groups is 1. The number of hydrogen-bond donors (Lipinski definition) is 1. The van der Waals surface area contributed by atoms with Crippen LogP contribution < -0.4 is 0 Å². The van der Waals surface area contributed by atoms with Crippen molar-refractivity contribution in [1.29, 1.82) is 0 Å². The van der Waals surface area contributed by atoms with Crippen LogP contribution in [0.3, 0.4) is 0 Å². The molecule has 1 amide bonds. The van der Waals surface area contributed by atoms with Crippen LogP contribution in [-0.2, 0) is 11.3 Å². The van der Waals surface area contributed by atoms with Gasteiger partial charge in [0.05, 0.1) is 17.6 Å². The maximum absolute atomic E-state index is 13.4. The van der Waals surface area contributed by atoms with Crippen LogP contribution in [0.1, 0.15) is 45.1 Å². The predicted molar refractivity (Wildman–Crippen MR) is 95.4 cm³/mol. The SMILES string of the molecule is CC(C)(O)C1CCCN1C(=O)C1CCCN(Cc2cccc(F)c2)C1. The first-order valence-corrected chi connectivity index (χ1v) is 9.34. The van der Waals surface area contributed by atoms with Gasteiger partial charge in [-0.25, -0.2) is 4.39 Å². The summed E-state index contributed by atoms with van der Waals surface area (Å²) < 4.78 is 13.4. The molecule has 2 heterocycles. The molecule has 2 fully saturated rings. The number of benzene rings is 1. The van der Waals surface area contributed by atoms with Gasteiger partial charge in [-0.15, -0.1) is 0 Å². The molecule has 0 aromatic heterocycles. The number of halogens is 1. The lowest BCUT2D eigenvalue weighted by Gasteiger charge is -2.38. The van der Waals surface area contributed by atoms with Crippen LogP contribution in [0, 0.1) is 11.7 Å². The first kappa shape index (κ1) is 18.3. The Hall–Kier alpha value is -1.46. The zero-order chi connectivity index (χ0) is 18.0. The second kappa shape index (κ2) is 7.42. The normalized spacial score (nSPS) is 25.4. The van der Waals surface area contributed by atoms with Gasteiger partial charge in [-0.3, -0.25) is 9.69 Å². The molecule has 138 valence electrons. The minimum absolute atomic E-state index is 0.0229. The lowest BCUT2D eigenvalue weighted by atomic mass is 9.92. The Morgan fingerprint density at radius 1 is 1.28 bits per heavy atom. The fourth-order valence-corrected chi connectivity index (χ4v) is 4.29. The summed E-state index contributed by atoms with van der Waals surface area (Å²) in [7, 11) is 0. The van der Waals surface area contributed by atoms with Crippen molar-refractivity contribution < 1.29 is 14.3 Å². The highest BCUT2D eigenvalue weighted by molar-refractivity contribution is 5.80. The van der Waals surface area contributed by atoms with Gasteiger partial charge in [-0.05, 0) is 63.8 Å². The molecule has 0 spiro atoms. The second-order valence-electron chi connectivity index (χ2n) is 8.05. The zero-order valence-corrected chi connectivity index (χ0v) is 15.2. The molecule has 0 saturated carbocycles. The third-order valence-electron chi connectivity index (χ3n) is 5.50. The number of amides is 1. The lowest BCUT2D eigenvalue weighted by molar-refractivity contribution is -0.142. The van der Waals surface area contributed by atoms with Crippen molar-refractivity contribution in [2.24, 2.45) is 5.92 Å². The molecule has 0 radical (unpaired) electrons. The molecule has 2 atom stereocenters. The van der Waals surface area contributed by atoms with E-state index in [1.165, 1.54) is 6.07 Å². The lowest BCUT2D eigenvalue weighted by Crippen LogP contribution is -2.52. The molecule has 0 aliphatic carbocycles. The topological polar surface area (TPSA) is 43.8 Å². The molecule has 5 heteroatoms. The van der Waals surface area contributed by atoms with Crippen LogP contribution in [0.2, 0.25) is 0 Å². The highest BCUT2D eigenvalue weighted by Gasteiger charge is 2.41. The molecule has 1 aromatic carbocycles. The second-order valence-corrected chi connectivity index (χ2v) is 8.05. The number of nitrogens with zero attached hydrogens (tertiary/aromatic N) is 2. The fraction of sp³-hybridized carbons (Fsp3) is 0.650. The Morgan fingerprint density at radius 3 is 2.76 bits per heavy atom. The molecule has 2 saturated heterocycles. The highest BCUT2D eigenvalue weighted by Crippen LogP contribution is 2.30. The molecule has 2 unspecified atom stereocenters. The largest absolute Gasteiger partial charge is 0.388 e. The van der Waals surface area contributed by atoms with Crippen LogP contribution in [0.15, 0.2) is 24.3 Å². The Kier molecular flexibility index (Phi) is 5.44. The van der Waals surface area contributed by atoms with Gasteiger partial charge < -0.3 is 10.0 Å². The molecule has 3 rings (SSSR count). The van der Waals surface area contributed by atoms with E-state index in [0.717, 1.165) is 44.3 Å². The Labute approximate surface area is 149 Å². The monoisotopic (exact) mass is 348 g/mol. The molecular formula is C20H29FN2O2. The number of likely N-dealkylation sites (tertiary alicyclic amines) is 2. The number of carbonyl (C=O) groups excluding carboxylic acids is 1. The van der Waals surface area contributed by atoms with Gasteiger partial charge in [-0.1, -0.05) is 12.1 Å². The standard InChI is InChI=1S/C20H29FN2O2/c1-20(2,25)18-9-5-11-23(18)19(24)16-7-4-10-22(14-16)13-15-6-3-8-17(21)12-15/h3,6,8,12,16,18,25H,4-5,7,9-11,13-14H2,1-2H3. The summed E-state index contributed by atoms with van der Waals surface area (Å²) in [5, 5.41) is 10.4. The van der Waals surface area contributed by atoms with Crippen molar-refractivity contribution in [2.75, 3.05) is 19.6 Å². The summed E-state index contributed by atoms with van der Waals surface area (Å²) in [5.41, 5.74) is 0.0888. The number of piperidine rings is 1. The summed E-state index contributed by atoms with van der Waals surface area (Å²) in [4.78, 5) is 17.2. The number of hydrogen-bond acceptors (Lipinski definition) is 3. The average molecular weight is 348 g/mol. The molecule has 1 aromatic rings. The minimum atomic E-state index is -0.859. The average Bonchev–Trinajstić information content (AvgIpc) is 3.04. The Balaban J connectivity index is 1.63. The summed E-state index contributed by atoms with van der Waals surface area (Å²) in [5.74, 6) is -0.0638. The maximum atomic E-state index is 13.4. The van der Waals surface area contributed by atoms with Crippen molar-refractivity contribution in [3.05, 3.63) is 35.6 Å². The molecule has 0 bridgehead atoms. The third-order valence-corrected chi connectivity index (χ3v) is 5.50. The van der Waals surface area contributed by atoms with Gasteiger partial charge in [0.2, 0.25) is 5.91 Å². The molecule has 1 N–H and O–H groups in total. The smallest absolute Gasteiger partial charge is 0.227 e. The summed E-state index contributed by atoms with van der Waals surface area (Å²) in [6, 6.07) is 6.60. The first-order chi connectivity index (χ1) is 11.8. The van der Waals surface area contributed by atoms with Crippen molar-refractivity contribution in [1.82, 2.24) is 9.80 Å². The van der Waals surface area contributed by atoms with E-state index in [9.17, 15) is 14.3 Å². The van der Waals surface area contributed by atoms with Gasteiger partial charge in [0.1, 0.15) is 5.82 Å². The zero-order valence-electron chi connectivity index (χ0n) is 15.2. The quantitative estimate of drug-likeness (QED) is 0.910. The van der Waals surface area contributed by atoms with Crippen molar-refractivity contribution in [3.8, 4) is 0 Å². The van der Waals surface area contributed by atoms with E-state index in [-0.39, 0.29) is 23.7 Å². The van der Waals surface area contributed by atoms with E-state index in [1.54, 1.807) is 26.0 Å². The fourth-order valence-electron chi connectivity index (χ4n) is 4.29. The Bertz CT molecular complexity index is 614. The van der Waals surface area contributed by atoms with E-state index in [0.29, 0.717) is 13.1 Å². The molecular weight excluding hydrogens is 319 g/mol. The van der Waals surface area contributed by atoms with Crippen LogP contribution in [0.5, 0.6) is 0 Å². The van der Waals surface area contributed by atoms with Crippen LogP contribution in [0.4, 0.5) is 4.39 Å². The van der Waals surface area contributed by atoms with Crippen molar-refractivity contribution >= 4 is 5.91 Å². The van der Waals surface area contributed by atoms with Gasteiger partial charge in [0.15, 0.2) is 0 Å². The predicted octanol–water partition coefficient (Wildman–Crippen LogP) is 2.80. The Morgan fingerprint density at radius 2 is 2.04 bits per heavy atom. The summed E-state index contributed by atoms with van der Waals surface area (Å²) >= 11 is 0. The molecule has 25 heavy (non-hydrogen) atoms. The van der Waals surface area contributed by atoms with Crippen molar-refractivity contribution in [3.63, 3.8) is 0 Å². The summed E-state index contributed by atoms with van der Waals surface area (Å²) in [6.45, 7) is 6.66. The molecule has 2 aliphatic heterocycles. The van der Waals surface area contributed by atoms with E-state index in [4.69, 9.17) is 0 Å². The first-order valence-electron chi connectivity index (χ1n) is 9.34. The van der Waals surface area contributed by atoms with E-state index in [1.807, 2.05) is 11.0 Å². The number of rotatable bonds is 4. The molecule has 4 nitrogen and oxygen atoms in total. The van der Waals surface area contributed by atoms with Crippen molar-refractivity contribution in [2.45, 2.75) is 57.7 Å². The van der Waals surface area contributed by atoms with E-state index >= 15 is 0 Å². The molecule has 2 aliphatic rings.